The van der Waals surface area contributed by atoms with E-state index in [0.29, 0.717) is 23.5 Å². The summed E-state index contributed by atoms with van der Waals surface area (Å²) in [6, 6.07) is 24.0. The van der Waals surface area contributed by atoms with Crippen molar-refractivity contribution in [3.8, 4) is 11.5 Å². The second-order valence-corrected chi connectivity index (χ2v) is 8.48. The number of anilines is 1. The summed E-state index contributed by atoms with van der Waals surface area (Å²) in [5.41, 5.74) is 3.62. The van der Waals surface area contributed by atoms with Gasteiger partial charge in [-0.15, -0.1) is 0 Å². The maximum absolute atomic E-state index is 13.1. The number of ether oxygens (including phenoxy) is 2. The van der Waals surface area contributed by atoms with E-state index in [0.717, 1.165) is 40.9 Å². The van der Waals surface area contributed by atoms with E-state index < -0.39 is 11.9 Å². The molecule has 5 rings (SSSR count). The van der Waals surface area contributed by atoms with Crippen molar-refractivity contribution < 1.29 is 19.1 Å². The third kappa shape index (κ3) is 5.15. The third-order valence-corrected chi connectivity index (χ3v) is 5.89. The number of benzene rings is 3. The van der Waals surface area contributed by atoms with E-state index in [4.69, 9.17) is 14.5 Å². The summed E-state index contributed by atoms with van der Waals surface area (Å²) in [6.07, 6.45) is 0.765. The first-order chi connectivity index (χ1) is 17.1. The van der Waals surface area contributed by atoms with Gasteiger partial charge in [0.05, 0.1) is 11.1 Å². The Hall–Kier alpha value is -4.23. The van der Waals surface area contributed by atoms with Crippen molar-refractivity contribution in [3.05, 3.63) is 95.7 Å². The van der Waals surface area contributed by atoms with Crippen LogP contribution in [0, 0.1) is 0 Å². The predicted molar refractivity (Wildman–Crippen MR) is 134 cm³/mol. The first kappa shape index (κ1) is 22.6. The molecule has 7 nitrogen and oxygen atoms in total. The van der Waals surface area contributed by atoms with Gasteiger partial charge in [0.1, 0.15) is 11.5 Å². The van der Waals surface area contributed by atoms with Gasteiger partial charge in [-0.3, -0.25) is 9.78 Å². The highest BCUT2D eigenvalue weighted by atomic mass is 16.5. The highest BCUT2D eigenvalue weighted by molar-refractivity contribution is 6.06. The largest absolute Gasteiger partial charge is 0.457 e. The van der Waals surface area contributed by atoms with Crippen LogP contribution >= 0.6 is 0 Å². The Bertz CT molecular complexity index is 1370. The van der Waals surface area contributed by atoms with Crippen LogP contribution in [0.25, 0.3) is 10.9 Å². The zero-order valence-corrected chi connectivity index (χ0v) is 19.4. The van der Waals surface area contributed by atoms with Crippen molar-refractivity contribution >= 4 is 28.5 Å². The lowest BCUT2D eigenvalue weighted by molar-refractivity contribution is -0.119. The number of nitrogens with one attached hydrogen (secondary N) is 1. The molecule has 3 aromatic carbocycles. The molecule has 0 atom stereocenters. The third-order valence-electron chi connectivity index (χ3n) is 5.89. The number of carbonyl (C=O) groups excluding carboxylic acids is 2. The molecule has 4 aromatic rings. The van der Waals surface area contributed by atoms with Crippen LogP contribution in [-0.2, 0) is 22.5 Å². The Labute approximate surface area is 203 Å². The monoisotopic (exact) mass is 467 g/mol. The molecule has 35 heavy (non-hydrogen) atoms. The first-order valence-corrected chi connectivity index (χ1v) is 11.5. The fourth-order valence-electron chi connectivity index (χ4n) is 4.19. The highest BCUT2D eigenvalue weighted by Gasteiger charge is 2.25. The highest BCUT2D eigenvalue weighted by Crippen LogP contribution is 2.28. The molecule has 0 saturated carbocycles. The number of nitrogens with zero attached hydrogens (tertiary/aromatic N) is 2. The summed E-state index contributed by atoms with van der Waals surface area (Å²) in [4.78, 5) is 32.5. The minimum absolute atomic E-state index is 0.387. The molecule has 0 bridgehead atoms. The van der Waals surface area contributed by atoms with E-state index in [9.17, 15) is 9.59 Å². The van der Waals surface area contributed by atoms with Crippen LogP contribution in [0.15, 0.2) is 78.9 Å². The van der Waals surface area contributed by atoms with Crippen molar-refractivity contribution in [2.24, 2.45) is 0 Å². The minimum Gasteiger partial charge on any atom is -0.457 e. The van der Waals surface area contributed by atoms with Crippen LogP contribution in [0.3, 0.4) is 0 Å². The van der Waals surface area contributed by atoms with Gasteiger partial charge in [-0.25, -0.2) is 4.79 Å². The molecule has 1 aliphatic rings. The molecule has 0 spiro atoms. The van der Waals surface area contributed by atoms with E-state index in [1.54, 1.807) is 24.3 Å². The molecule has 2 heterocycles. The summed E-state index contributed by atoms with van der Waals surface area (Å²) >= 11 is 0. The Morgan fingerprint density at radius 1 is 0.943 bits per heavy atom. The van der Waals surface area contributed by atoms with Crippen LogP contribution < -0.4 is 10.1 Å². The van der Waals surface area contributed by atoms with E-state index >= 15 is 0 Å². The number of rotatable bonds is 6. The van der Waals surface area contributed by atoms with Gasteiger partial charge >= 0.3 is 5.97 Å². The molecule has 176 valence electrons. The lowest BCUT2D eigenvalue weighted by atomic mass is 9.96. The van der Waals surface area contributed by atoms with Gasteiger partial charge in [0.15, 0.2) is 6.61 Å². The number of aromatic nitrogens is 1. The summed E-state index contributed by atoms with van der Waals surface area (Å²) in [5, 5.41) is 3.49. The zero-order chi connectivity index (χ0) is 24.2. The number of amides is 1. The Morgan fingerprint density at radius 3 is 2.46 bits per heavy atom. The number of likely N-dealkylation sites (N-methyl/N-ethyl adjacent to an activating group) is 1. The topological polar surface area (TPSA) is 80.8 Å². The average Bonchev–Trinajstić information content (AvgIpc) is 2.88. The maximum atomic E-state index is 13.1. The molecule has 0 radical (unpaired) electrons. The molecule has 1 N–H and O–H groups in total. The second-order valence-electron chi connectivity index (χ2n) is 8.48. The van der Waals surface area contributed by atoms with Gasteiger partial charge in [0.2, 0.25) is 0 Å². The number of esters is 1. The van der Waals surface area contributed by atoms with Gasteiger partial charge in [0, 0.05) is 41.8 Å². The van der Waals surface area contributed by atoms with Gasteiger partial charge < -0.3 is 19.7 Å². The molecule has 1 amide bonds. The molecular weight excluding hydrogens is 442 g/mol. The number of hydrogen-bond donors (Lipinski definition) is 1. The predicted octanol–water partition coefficient (Wildman–Crippen LogP) is 4.81. The van der Waals surface area contributed by atoms with E-state index in [2.05, 4.69) is 10.2 Å². The number of carbonyl (C=O) groups is 2. The Morgan fingerprint density at radius 2 is 1.66 bits per heavy atom. The number of pyridine rings is 1. The van der Waals surface area contributed by atoms with Crippen LogP contribution in [0.1, 0.15) is 21.6 Å². The van der Waals surface area contributed by atoms with Crippen molar-refractivity contribution in [3.63, 3.8) is 0 Å². The quantitative estimate of drug-likeness (QED) is 0.410. The fraction of sp³-hybridized carbons (Fsp3) is 0.179. The molecule has 7 heteroatoms. The Kier molecular flexibility index (Phi) is 6.41. The van der Waals surface area contributed by atoms with Crippen LogP contribution in [0.5, 0.6) is 11.5 Å². The minimum atomic E-state index is -0.517. The SMILES string of the molecule is CN1CCc2nc3ccccc3c(C(=O)OCC(=O)Nc3ccc(Oc4ccccc4)cc3)c2C1. The van der Waals surface area contributed by atoms with E-state index in [1.807, 2.05) is 61.6 Å². The van der Waals surface area contributed by atoms with Crippen molar-refractivity contribution in [2.75, 3.05) is 25.5 Å². The standard InChI is InChI=1S/C28H25N3O4/c1-31-16-15-25-23(17-31)27(22-9-5-6-10-24(22)30-25)28(33)34-18-26(32)29-19-11-13-21(14-12-19)35-20-7-3-2-4-8-20/h2-14H,15-18H2,1H3,(H,29,32). The molecule has 1 aromatic heterocycles. The van der Waals surface area contributed by atoms with Crippen LogP contribution in [0.2, 0.25) is 0 Å². The van der Waals surface area contributed by atoms with Crippen LogP contribution in [-0.4, -0.2) is 42.0 Å². The normalized spacial score (nSPS) is 13.2. The van der Waals surface area contributed by atoms with Crippen molar-refractivity contribution in [2.45, 2.75) is 13.0 Å². The number of para-hydroxylation sites is 2. The lowest BCUT2D eigenvalue weighted by Gasteiger charge is -2.26. The maximum Gasteiger partial charge on any atom is 0.339 e. The number of fused-ring (bicyclic) bond motifs is 2. The summed E-state index contributed by atoms with van der Waals surface area (Å²) in [7, 11) is 2.01. The van der Waals surface area contributed by atoms with Gasteiger partial charge in [-0.1, -0.05) is 36.4 Å². The van der Waals surface area contributed by atoms with Gasteiger partial charge in [-0.2, -0.15) is 0 Å². The molecule has 0 saturated heterocycles. The van der Waals surface area contributed by atoms with E-state index in [-0.39, 0.29) is 6.61 Å². The van der Waals surface area contributed by atoms with Gasteiger partial charge in [0.25, 0.3) is 5.91 Å². The zero-order valence-electron chi connectivity index (χ0n) is 19.4. The molecule has 0 aliphatic carbocycles. The Balaban J connectivity index is 1.25. The molecule has 1 aliphatic heterocycles. The first-order valence-electron chi connectivity index (χ1n) is 11.5. The molecule has 0 fully saturated rings. The smallest absolute Gasteiger partial charge is 0.339 e. The van der Waals surface area contributed by atoms with Gasteiger partial charge in [-0.05, 0) is 49.5 Å². The molecular formula is C28H25N3O4. The van der Waals surface area contributed by atoms with Crippen LogP contribution in [0.4, 0.5) is 5.69 Å². The second kappa shape index (κ2) is 9.95. The fourth-order valence-corrected chi connectivity index (χ4v) is 4.19. The molecule has 0 unspecified atom stereocenters. The summed E-state index contributed by atoms with van der Waals surface area (Å²) in [5.74, 6) is 0.449. The summed E-state index contributed by atoms with van der Waals surface area (Å²) in [6.45, 7) is 1.11. The van der Waals surface area contributed by atoms with Crippen molar-refractivity contribution in [1.82, 2.24) is 9.88 Å². The van der Waals surface area contributed by atoms with E-state index in [1.165, 1.54) is 0 Å². The lowest BCUT2D eigenvalue weighted by Crippen LogP contribution is -2.30. The average molecular weight is 468 g/mol. The summed E-state index contributed by atoms with van der Waals surface area (Å²) < 4.78 is 11.2. The number of hydrogen-bond acceptors (Lipinski definition) is 6. The van der Waals surface area contributed by atoms with Crippen molar-refractivity contribution in [1.29, 1.82) is 0 Å².